The molecule has 0 saturated carbocycles. The smallest absolute Gasteiger partial charge is 0.255 e. The Kier molecular flexibility index (Phi) is 7.32. The largest absolute Gasteiger partial charge is 0.510 e. The zero-order valence-electron chi connectivity index (χ0n) is 24.1. The van der Waals surface area contributed by atoms with Crippen molar-refractivity contribution in [3.63, 3.8) is 0 Å². The van der Waals surface area contributed by atoms with E-state index >= 15 is 0 Å². The molecule has 0 saturated heterocycles. The fraction of sp³-hybridized carbons (Fsp3) is 0.552. The van der Waals surface area contributed by atoms with Crippen molar-refractivity contribution in [1.29, 1.82) is 0 Å². The van der Waals surface area contributed by atoms with E-state index in [2.05, 4.69) is 26.1 Å². The summed E-state index contributed by atoms with van der Waals surface area (Å²) in [6.45, 7) is 7.17. The second kappa shape index (κ2) is 9.90. The van der Waals surface area contributed by atoms with E-state index in [0.717, 1.165) is 5.69 Å². The van der Waals surface area contributed by atoms with Gasteiger partial charge in [-0.3, -0.25) is 19.3 Å². The first kappa shape index (κ1) is 29.6. The summed E-state index contributed by atoms with van der Waals surface area (Å²) in [6.07, 6.45) is 0.291. The Balaban J connectivity index is 1.90. The number of phenols is 1. The Morgan fingerprint density at radius 2 is 1.77 bits per heavy atom. The molecule has 1 aromatic rings. The highest BCUT2D eigenvalue weighted by atomic mass is 16.3. The minimum absolute atomic E-state index is 0.00841. The third-order valence-electron chi connectivity index (χ3n) is 8.23. The molecule has 4 atom stereocenters. The zero-order valence-corrected chi connectivity index (χ0v) is 24.1. The number of amides is 1. The molecule has 11 nitrogen and oxygen atoms in total. The number of aliphatic hydroxyl groups excluding tert-OH is 2. The van der Waals surface area contributed by atoms with E-state index in [0.29, 0.717) is 24.2 Å². The molecule has 0 aliphatic heterocycles. The number of likely N-dealkylation sites (N-methyl/N-ethyl adjacent to an activating group) is 1. The van der Waals surface area contributed by atoms with Crippen molar-refractivity contribution in [3.05, 3.63) is 45.4 Å². The van der Waals surface area contributed by atoms with Crippen LogP contribution in [0, 0.1) is 17.3 Å². The Labute approximate surface area is 233 Å². The van der Waals surface area contributed by atoms with Crippen molar-refractivity contribution in [2.45, 2.75) is 51.8 Å². The number of benzene rings is 1. The van der Waals surface area contributed by atoms with Gasteiger partial charge in [0.05, 0.1) is 11.6 Å². The predicted molar refractivity (Wildman–Crippen MR) is 149 cm³/mol. The van der Waals surface area contributed by atoms with Gasteiger partial charge in [-0.15, -0.1) is 0 Å². The van der Waals surface area contributed by atoms with E-state index in [1.54, 1.807) is 14.1 Å². The fourth-order valence-corrected chi connectivity index (χ4v) is 6.46. The van der Waals surface area contributed by atoms with Gasteiger partial charge in [0.15, 0.2) is 11.4 Å². The molecular weight excluding hydrogens is 516 g/mol. The average molecular weight is 557 g/mol. The molecule has 3 aliphatic rings. The summed E-state index contributed by atoms with van der Waals surface area (Å²) >= 11 is 0. The lowest BCUT2D eigenvalue weighted by Crippen LogP contribution is -2.63. The van der Waals surface area contributed by atoms with Crippen LogP contribution in [-0.4, -0.2) is 89.2 Å². The summed E-state index contributed by atoms with van der Waals surface area (Å²) in [5.74, 6) is -6.54. The van der Waals surface area contributed by atoms with Gasteiger partial charge in [-0.25, -0.2) is 0 Å². The number of allylic oxidation sites excluding steroid dienone is 1. The molecule has 1 aromatic carbocycles. The number of carbonyl (C=O) groups excluding carboxylic acids is 3. The van der Waals surface area contributed by atoms with Gasteiger partial charge < -0.3 is 36.4 Å². The number of nitrogens with one attached hydrogen (secondary N) is 1. The molecule has 0 spiro atoms. The summed E-state index contributed by atoms with van der Waals surface area (Å²) in [5, 5.41) is 48.8. The van der Waals surface area contributed by atoms with Gasteiger partial charge in [-0.1, -0.05) is 20.8 Å². The van der Waals surface area contributed by atoms with Gasteiger partial charge in [0.1, 0.15) is 22.8 Å². The van der Waals surface area contributed by atoms with Crippen LogP contribution in [-0.2, 0) is 22.6 Å². The van der Waals surface area contributed by atoms with Crippen LogP contribution < -0.4 is 16.0 Å². The SMILES string of the molecule is CN(C)c1cc(CNCC(C)(C)C)c(O)c2c1CC1CC3C(N(C)C)C(O)=C(C(N)=O)C(=O)C3(O)C(O)=C1C2=O. The number of hydrogen-bond acceptors (Lipinski definition) is 10. The monoisotopic (exact) mass is 556 g/mol. The van der Waals surface area contributed by atoms with Crippen LogP contribution in [0.2, 0.25) is 0 Å². The maximum absolute atomic E-state index is 14.1. The lowest BCUT2D eigenvalue weighted by atomic mass is 9.58. The Morgan fingerprint density at radius 1 is 1.15 bits per heavy atom. The number of hydrogen-bond donors (Lipinski definition) is 6. The lowest BCUT2D eigenvalue weighted by Gasteiger charge is -2.50. The molecule has 0 radical (unpaired) electrons. The van der Waals surface area contributed by atoms with Crippen LogP contribution in [0.5, 0.6) is 5.75 Å². The van der Waals surface area contributed by atoms with Crippen LogP contribution in [0.15, 0.2) is 28.7 Å². The van der Waals surface area contributed by atoms with E-state index < -0.39 is 58.0 Å². The third-order valence-corrected chi connectivity index (χ3v) is 8.23. The first-order valence-electron chi connectivity index (χ1n) is 13.3. The number of Topliss-reactive ketones (excluding diaryl/α,β-unsaturated/α-hetero) is 2. The van der Waals surface area contributed by atoms with Gasteiger partial charge in [-0.2, -0.15) is 0 Å². The number of nitrogens with two attached hydrogens (primary N) is 1. The second-order valence-corrected chi connectivity index (χ2v) is 12.8. The number of ketones is 2. The van der Waals surface area contributed by atoms with Crippen LogP contribution in [0.3, 0.4) is 0 Å². The summed E-state index contributed by atoms with van der Waals surface area (Å²) < 4.78 is 0. The van der Waals surface area contributed by atoms with Crippen LogP contribution in [0.4, 0.5) is 5.69 Å². The average Bonchev–Trinajstić information content (AvgIpc) is 2.81. The number of nitrogens with zero attached hydrogens (tertiary/aromatic N) is 2. The number of aromatic hydroxyl groups is 1. The molecule has 0 aromatic heterocycles. The first-order chi connectivity index (χ1) is 18.4. The van der Waals surface area contributed by atoms with Crippen LogP contribution in [0.1, 0.15) is 48.7 Å². The Bertz CT molecular complexity index is 1350. The third kappa shape index (κ3) is 4.46. The molecule has 0 bridgehead atoms. The van der Waals surface area contributed by atoms with Gasteiger partial charge >= 0.3 is 0 Å². The molecule has 40 heavy (non-hydrogen) atoms. The van der Waals surface area contributed by atoms with Gasteiger partial charge in [0.2, 0.25) is 5.78 Å². The minimum Gasteiger partial charge on any atom is -0.510 e. The van der Waals surface area contributed by atoms with E-state index in [1.807, 2.05) is 25.1 Å². The number of phenolic OH excluding ortho intramolecular Hbond substituents is 1. The van der Waals surface area contributed by atoms with Gasteiger partial charge in [-0.05, 0) is 49.9 Å². The maximum Gasteiger partial charge on any atom is 0.255 e. The number of rotatable bonds is 6. The summed E-state index contributed by atoms with van der Waals surface area (Å²) in [6, 6.07) is 0.814. The molecule has 4 unspecified atom stereocenters. The number of anilines is 1. The predicted octanol–water partition coefficient (Wildman–Crippen LogP) is 1.32. The van der Waals surface area contributed by atoms with Crippen LogP contribution in [0.25, 0.3) is 0 Å². The molecule has 0 heterocycles. The second-order valence-electron chi connectivity index (χ2n) is 12.8. The van der Waals surface area contributed by atoms with Crippen molar-refractivity contribution in [2.24, 2.45) is 23.0 Å². The highest BCUT2D eigenvalue weighted by Crippen LogP contribution is 2.53. The van der Waals surface area contributed by atoms with E-state index in [1.165, 1.54) is 4.90 Å². The van der Waals surface area contributed by atoms with Crippen molar-refractivity contribution in [2.75, 3.05) is 39.6 Å². The minimum atomic E-state index is -2.66. The van der Waals surface area contributed by atoms with Gasteiger partial charge in [0.25, 0.3) is 5.91 Å². The highest BCUT2D eigenvalue weighted by Gasteiger charge is 2.63. The highest BCUT2D eigenvalue weighted by molar-refractivity contribution is 6.24. The summed E-state index contributed by atoms with van der Waals surface area (Å²) in [4.78, 5) is 43.0. The van der Waals surface area contributed by atoms with Crippen molar-refractivity contribution >= 4 is 23.2 Å². The normalized spacial score (nSPS) is 26.6. The molecular formula is C29H40N4O7. The van der Waals surface area contributed by atoms with E-state index in [-0.39, 0.29) is 35.1 Å². The Morgan fingerprint density at radius 3 is 2.30 bits per heavy atom. The maximum atomic E-state index is 14.1. The molecule has 11 heteroatoms. The molecule has 218 valence electrons. The standard InChI is InChI=1S/C29H40N4O7/c1-28(2,3)12-31-11-14-10-17(32(4)5)15-8-13-9-16-21(33(6)7)24(36)20(27(30)39)26(38)29(16,40)25(37)18(13)23(35)19(15)22(14)34/h10,13,16,21,31,34,36-37,40H,8-9,11-12H2,1-7H3,(H2,30,39). The Hall–Kier alpha value is -3.41. The first-order valence-corrected chi connectivity index (χ1v) is 13.3. The number of carbonyl (C=O) groups is 3. The number of fused-ring (bicyclic) bond motifs is 3. The fourth-order valence-electron chi connectivity index (χ4n) is 6.46. The molecule has 0 fully saturated rings. The summed E-state index contributed by atoms with van der Waals surface area (Å²) in [5.41, 5.74) is 3.58. The topological polar surface area (TPSA) is 177 Å². The molecule has 7 N–H and O–H groups in total. The summed E-state index contributed by atoms with van der Waals surface area (Å²) in [7, 11) is 6.87. The van der Waals surface area contributed by atoms with Crippen LogP contribution >= 0.6 is 0 Å². The van der Waals surface area contributed by atoms with Crippen molar-refractivity contribution < 1.29 is 34.8 Å². The number of primary amides is 1. The molecule has 3 aliphatic carbocycles. The number of aliphatic hydroxyl groups is 3. The lowest BCUT2D eigenvalue weighted by molar-refractivity contribution is -0.148. The van der Waals surface area contributed by atoms with Crippen molar-refractivity contribution in [3.8, 4) is 5.75 Å². The zero-order chi connectivity index (χ0) is 30.1. The van der Waals surface area contributed by atoms with E-state index in [9.17, 15) is 34.8 Å². The van der Waals surface area contributed by atoms with E-state index in [4.69, 9.17) is 5.73 Å². The van der Waals surface area contributed by atoms with Crippen molar-refractivity contribution in [1.82, 2.24) is 10.2 Å². The van der Waals surface area contributed by atoms with Gasteiger partial charge in [0, 0.05) is 49.9 Å². The molecule has 1 amide bonds. The quantitative estimate of drug-likeness (QED) is 0.280. The molecule has 4 rings (SSSR count).